The summed E-state index contributed by atoms with van der Waals surface area (Å²) >= 11 is 0. The minimum atomic E-state index is 0.442. The van der Waals surface area contributed by atoms with Gasteiger partial charge in [-0.15, -0.1) is 0 Å². The lowest BCUT2D eigenvalue weighted by Gasteiger charge is -2.27. The average molecular weight is 208 g/mol. The Hall–Kier alpha value is -1.16. The SMILES string of the molecule is CCC(CC)N(C)c1cncc(CN)n1. The largest absolute Gasteiger partial charge is 0.355 e. The van der Waals surface area contributed by atoms with Crippen molar-refractivity contribution in [3.05, 3.63) is 18.1 Å². The highest BCUT2D eigenvalue weighted by Crippen LogP contribution is 2.15. The predicted molar refractivity (Wildman–Crippen MR) is 62.7 cm³/mol. The second kappa shape index (κ2) is 5.66. The third kappa shape index (κ3) is 2.89. The molecule has 0 aliphatic rings. The molecular formula is C11H20N4. The molecule has 2 N–H and O–H groups in total. The molecule has 0 unspecified atom stereocenters. The quantitative estimate of drug-likeness (QED) is 0.798. The van der Waals surface area contributed by atoms with Crippen molar-refractivity contribution in [1.29, 1.82) is 0 Å². The van der Waals surface area contributed by atoms with E-state index < -0.39 is 0 Å². The van der Waals surface area contributed by atoms with Gasteiger partial charge in [-0.1, -0.05) is 13.8 Å². The monoisotopic (exact) mass is 208 g/mol. The highest BCUT2D eigenvalue weighted by molar-refractivity contribution is 5.36. The number of anilines is 1. The molecule has 0 fully saturated rings. The fourth-order valence-electron chi connectivity index (χ4n) is 1.69. The summed E-state index contributed by atoms with van der Waals surface area (Å²) in [6, 6.07) is 0.521. The van der Waals surface area contributed by atoms with Crippen molar-refractivity contribution in [2.24, 2.45) is 5.73 Å². The molecule has 84 valence electrons. The van der Waals surface area contributed by atoms with Gasteiger partial charge in [0.25, 0.3) is 0 Å². The third-order valence-corrected chi connectivity index (χ3v) is 2.73. The first-order chi connectivity index (χ1) is 7.22. The zero-order valence-electron chi connectivity index (χ0n) is 9.77. The lowest BCUT2D eigenvalue weighted by molar-refractivity contribution is 0.585. The van der Waals surface area contributed by atoms with Gasteiger partial charge in [0.15, 0.2) is 0 Å². The molecule has 0 saturated heterocycles. The lowest BCUT2D eigenvalue weighted by Crippen LogP contribution is -2.31. The normalized spacial score (nSPS) is 10.7. The molecule has 0 spiro atoms. The summed E-state index contributed by atoms with van der Waals surface area (Å²) in [5.74, 6) is 0.909. The molecule has 0 aliphatic carbocycles. The van der Waals surface area contributed by atoms with Gasteiger partial charge in [-0.2, -0.15) is 0 Å². The lowest BCUT2D eigenvalue weighted by atomic mass is 10.1. The van der Waals surface area contributed by atoms with Crippen LogP contribution in [0.4, 0.5) is 5.82 Å². The van der Waals surface area contributed by atoms with Crippen molar-refractivity contribution in [3.63, 3.8) is 0 Å². The Bertz CT molecular complexity index is 296. The molecule has 4 nitrogen and oxygen atoms in total. The minimum absolute atomic E-state index is 0.442. The van der Waals surface area contributed by atoms with Crippen LogP contribution in [-0.2, 0) is 6.54 Å². The Kier molecular flexibility index (Phi) is 4.49. The molecule has 0 amide bonds. The molecule has 0 saturated carbocycles. The molecular weight excluding hydrogens is 188 g/mol. The van der Waals surface area contributed by atoms with Crippen molar-refractivity contribution >= 4 is 5.82 Å². The number of hydrogen-bond donors (Lipinski definition) is 1. The maximum atomic E-state index is 5.54. The second-order valence-corrected chi connectivity index (χ2v) is 3.65. The van der Waals surface area contributed by atoms with E-state index in [0.717, 1.165) is 24.4 Å². The zero-order chi connectivity index (χ0) is 11.3. The van der Waals surface area contributed by atoms with E-state index in [1.54, 1.807) is 12.4 Å². The van der Waals surface area contributed by atoms with Crippen LogP contribution >= 0.6 is 0 Å². The van der Waals surface area contributed by atoms with Gasteiger partial charge >= 0.3 is 0 Å². The van der Waals surface area contributed by atoms with Crippen LogP contribution < -0.4 is 10.6 Å². The standard InChI is InChI=1S/C11H20N4/c1-4-10(5-2)15(3)11-8-13-7-9(6-12)14-11/h7-8,10H,4-6,12H2,1-3H3. The van der Waals surface area contributed by atoms with Gasteiger partial charge in [-0.3, -0.25) is 4.98 Å². The van der Waals surface area contributed by atoms with E-state index in [9.17, 15) is 0 Å². The average Bonchev–Trinajstić information content (AvgIpc) is 2.30. The van der Waals surface area contributed by atoms with Crippen LogP contribution in [0.3, 0.4) is 0 Å². The van der Waals surface area contributed by atoms with Crippen LogP contribution in [0.25, 0.3) is 0 Å². The minimum Gasteiger partial charge on any atom is -0.355 e. The van der Waals surface area contributed by atoms with Crippen LogP contribution in [0.1, 0.15) is 32.4 Å². The molecule has 0 aromatic carbocycles. The molecule has 0 aliphatic heterocycles. The van der Waals surface area contributed by atoms with E-state index >= 15 is 0 Å². The predicted octanol–water partition coefficient (Wildman–Crippen LogP) is 1.56. The van der Waals surface area contributed by atoms with Gasteiger partial charge < -0.3 is 10.6 Å². The summed E-state index contributed by atoms with van der Waals surface area (Å²) in [6.07, 6.45) is 5.73. The highest BCUT2D eigenvalue weighted by Gasteiger charge is 2.12. The van der Waals surface area contributed by atoms with E-state index in [-0.39, 0.29) is 0 Å². The van der Waals surface area contributed by atoms with Crippen molar-refractivity contribution in [3.8, 4) is 0 Å². The number of nitrogens with zero attached hydrogens (tertiary/aromatic N) is 3. The molecule has 1 aromatic rings. The van der Waals surface area contributed by atoms with Crippen LogP contribution in [-0.4, -0.2) is 23.1 Å². The number of aromatic nitrogens is 2. The van der Waals surface area contributed by atoms with Crippen molar-refractivity contribution < 1.29 is 0 Å². The number of hydrogen-bond acceptors (Lipinski definition) is 4. The molecule has 0 radical (unpaired) electrons. The Labute approximate surface area is 91.5 Å². The Morgan fingerprint density at radius 3 is 2.53 bits per heavy atom. The smallest absolute Gasteiger partial charge is 0.147 e. The fraction of sp³-hybridized carbons (Fsp3) is 0.636. The van der Waals surface area contributed by atoms with Gasteiger partial charge in [0.05, 0.1) is 11.9 Å². The van der Waals surface area contributed by atoms with E-state index in [4.69, 9.17) is 5.73 Å². The van der Waals surface area contributed by atoms with Crippen LogP contribution in [0.2, 0.25) is 0 Å². The first kappa shape index (κ1) is 11.9. The summed E-state index contributed by atoms with van der Waals surface area (Å²) in [4.78, 5) is 10.8. The van der Waals surface area contributed by atoms with E-state index in [1.807, 2.05) is 0 Å². The van der Waals surface area contributed by atoms with Gasteiger partial charge in [0, 0.05) is 25.8 Å². The fourth-order valence-corrected chi connectivity index (χ4v) is 1.69. The molecule has 1 aromatic heterocycles. The first-order valence-electron chi connectivity index (χ1n) is 5.46. The van der Waals surface area contributed by atoms with E-state index in [1.165, 1.54) is 0 Å². The van der Waals surface area contributed by atoms with Crippen molar-refractivity contribution in [2.75, 3.05) is 11.9 Å². The maximum absolute atomic E-state index is 5.54. The Balaban J connectivity index is 2.84. The summed E-state index contributed by atoms with van der Waals surface area (Å²) in [6.45, 7) is 4.81. The summed E-state index contributed by atoms with van der Waals surface area (Å²) in [7, 11) is 2.06. The maximum Gasteiger partial charge on any atom is 0.147 e. The van der Waals surface area contributed by atoms with Gasteiger partial charge in [-0.25, -0.2) is 4.98 Å². The Morgan fingerprint density at radius 2 is 2.00 bits per heavy atom. The van der Waals surface area contributed by atoms with Crippen LogP contribution in [0.15, 0.2) is 12.4 Å². The summed E-state index contributed by atoms with van der Waals surface area (Å²) in [5.41, 5.74) is 6.38. The molecule has 0 bridgehead atoms. The molecule has 0 atom stereocenters. The van der Waals surface area contributed by atoms with Crippen molar-refractivity contribution in [2.45, 2.75) is 39.3 Å². The van der Waals surface area contributed by atoms with Crippen LogP contribution in [0, 0.1) is 0 Å². The van der Waals surface area contributed by atoms with E-state index in [2.05, 4.69) is 35.8 Å². The molecule has 4 heteroatoms. The summed E-state index contributed by atoms with van der Waals surface area (Å²) in [5, 5.41) is 0. The second-order valence-electron chi connectivity index (χ2n) is 3.65. The van der Waals surface area contributed by atoms with E-state index in [0.29, 0.717) is 12.6 Å². The topological polar surface area (TPSA) is 55.0 Å². The summed E-state index contributed by atoms with van der Waals surface area (Å²) < 4.78 is 0. The zero-order valence-corrected chi connectivity index (χ0v) is 9.77. The Morgan fingerprint density at radius 1 is 1.33 bits per heavy atom. The van der Waals surface area contributed by atoms with Gasteiger partial charge in [0.2, 0.25) is 0 Å². The highest BCUT2D eigenvalue weighted by atomic mass is 15.2. The molecule has 1 rings (SSSR count). The van der Waals surface area contributed by atoms with Crippen LogP contribution in [0.5, 0.6) is 0 Å². The molecule has 15 heavy (non-hydrogen) atoms. The van der Waals surface area contributed by atoms with Gasteiger partial charge in [0.1, 0.15) is 5.82 Å². The molecule has 1 heterocycles. The number of rotatable bonds is 5. The number of nitrogens with two attached hydrogens (primary N) is 1. The third-order valence-electron chi connectivity index (χ3n) is 2.73. The van der Waals surface area contributed by atoms with Gasteiger partial charge in [-0.05, 0) is 12.8 Å². The van der Waals surface area contributed by atoms with Crippen molar-refractivity contribution in [1.82, 2.24) is 9.97 Å². The first-order valence-corrected chi connectivity index (χ1v) is 5.46.